The van der Waals surface area contributed by atoms with Gasteiger partial charge in [0.15, 0.2) is 11.5 Å². The molecule has 31 heavy (non-hydrogen) atoms. The summed E-state index contributed by atoms with van der Waals surface area (Å²) in [6, 6.07) is 12.3. The summed E-state index contributed by atoms with van der Waals surface area (Å²) in [5.41, 5.74) is 4.58. The van der Waals surface area contributed by atoms with Gasteiger partial charge in [-0.25, -0.2) is 0 Å². The molecule has 0 bridgehead atoms. The predicted molar refractivity (Wildman–Crippen MR) is 126 cm³/mol. The Labute approximate surface area is 185 Å². The Kier molecular flexibility index (Phi) is 7.99. The van der Waals surface area contributed by atoms with Crippen LogP contribution in [0.3, 0.4) is 0 Å². The highest BCUT2D eigenvalue weighted by molar-refractivity contribution is 5.88. The molecule has 0 unspecified atom stereocenters. The number of nitrogens with one attached hydrogen (secondary N) is 2. The van der Waals surface area contributed by atoms with Crippen LogP contribution in [0.2, 0.25) is 0 Å². The molecular weight excluding hydrogens is 388 g/mol. The highest BCUT2D eigenvalue weighted by atomic mass is 16.5. The molecule has 1 heterocycles. The van der Waals surface area contributed by atoms with Gasteiger partial charge in [-0.05, 0) is 41.7 Å². The van der Waals surface area contributed by atoms with Gasteiger partial charge in [-0.1, -0.05) is 51.0 Å². The Morgan fingerprint density at radius 1 is 1.06 bits per heavy atom. The Morgan fingerprint density at radius 3 is 2.58 bits per heavy atom. The molecule has 0 aliphatic carbocycles. The minimum Gasteiger partial charge on any atom is -0.493 e. The first kappa shape index (κ1) is 22.7. The number of ether oxygens (including phenoxy) is 2. The number of carbonyl (C=O) groups excluding carboxylic acids is 1. The Hall–Kier alpha value is -2.95. The number of unbranched alkanes of at least 4 members (excludes halogenated alkanes) is 2. The summed E-state index contributed by atoms with van der Waals surface area (Å²) in [5.74, 6) is 1.33. The number of carbonyl (C=O) groups is 1. The summed E-state index contributed by atoms with van der Waals surface area (Å²) in [6.07, 6.45) is 6.66. The van der Waals surface area contributed by atoms with Crippen LogP contribution < -0.4 is 14.8 Å². The van der Waals surface area contributed by atoms with Gasteiger partial charge in [0.05, 0.1) is 14.2 Å². The first-order chi connectivity index (χ1) is 15.1. The van der Waals surface area contributed by atoms with Gasteiger partial charge in [0, 0.05) is 36.0 Å². The SMILES string of the molecule is CCCCCNC(=O)C[C@H](c1ccc(OC)c(OC)c1)c1c[nH]c2c(CC)cccc12. The number of hydrogen-bond donors (Lipinski definition) is 2. The van der Waals surface area contributed by atoms with Crippen molar-refractivity contribution < 1.29 is 14.3 Å². The zero-order chi connectivity index (χ0) is 22.2. The van der Waals surface area contributed by atoms with E-state index >= 15 is 0 Å². The number of benzene rings is 2. The average Bonchev–Trinajstić information content (AvgIpc) is 3.24. The van der Waals surface area contributed by atoms with E-state index in [0.29, 0.717) is 17.9 Å². The van der Waals surface area contributed by atoms with Crippen molar-refractivity contribution >= 4 is 16.8 Å². The minimum absolute atomic E-state index is 0.0666. The lowest BCUT2D eigenvalue weighted by molar-refractivity contribution is -0.121. The number of aromatic amines is 1. The van der Waals surface area contributed by atoms with E-state index in [1.165, 1.54) is 5.56 Å². The summed E-state index contributed by atoms with van der Waals surface area (Å²) >= 11 is 0. The summed E-state index contributed by atoms with van der Waals surface area (Å²) < 4.78 is 10.9. The number of para-hydroxylation sites is 1. The smallest absolute Gasteiger partial charge is 0.220 e. The molecule has 1 atom stereocenters. The molecule has 5 nitrogen and oxygen atoms in total. The van der Waals surface area contributed by atoms with Crippen LogP contribution in [0.5, 0.6) is 11.5 Å². The summed E-state index contributed by atoms with van der Waals surface area (Å²) in [4.78, 5) is 16.3. The van der Waals surface area contributed by atoms with Crippen LogP contribution in [-0.2, 0) is 11.2 Å². The third-order valence-corrected chi connectivity index (χ3v) is 5.89. The van der Waals surface area contributed by atoms with Crippen molar-refractivity contribution in [1.82, 2.24) is 10.3 Å². The van der Waals surface area contributed by atoms with Crippen LogP contribution in [0, 0.1) is 0 Å². The lowest BCUT2D eigenvalue weighted by Crippen LogP contribution is -2.26. The quantitative estimate of drug-likeness (QED) is 0.397. The minimum atomic E-state index is -0.0909. The van der Waals surface area contributed by atoms with Crippen molar-refractivity contribution in [3.8, 4) is 11.5 Å². The number of H-pyrrole nitrogens is 1. The summed E-state index contributed by atoms with van der Waals surface area (Å²) in [7, 11) is 3.26. The maximum Gasteiger partial charge on any atom is 0.220 e. The van der Waals surface area contributed by atoms with E-state index in [9.17, 15) is 4.79 Å². The van der Waals surface area contributed by atoms with Crippen molar-refractivity contribution in [2.24, 2.45) is 0 Å². The fourth-order valence-corrected chi connectivity index (χ4v) is 4.16. The normalized spacial score (nSPS) is 12.0. The molecule has 2 aromatic carbocycles. The number of amides is 1. The van der Waals surface area contributed by atoms with E-state index in [-0.39, 0.29) is 11.8 Å². The van der Waals surface area contributed by atoms with E-state index in [0.717, 1.165) is 54.3 Å². The molecule has 0 spiro atoms. The lowest BCUT2D eigenvalue weighted by Gasteiger charge is -2.19. The third kappa shape index (κ3) is 5.22. The molecule has 1 aromatic heterocycles. The molecule has 0 aliphatic rings. The first-order valence-electron chi connectivity index (χ1n) is 11.2. The van der Waals surface area contributed by atoms with Crippen LogP contribution in [0.15, 0.2) is 42.6 Å². The molecule has 3 aromatic rings. The molecule has 166 valence electrons. The van der Waals surface area contributed by atoms with Crippen LogP contribution in [0.4, 0.5) is 0 Å². The van der Waals surface area contributed by atoms with Gasteiger partial charge in [-0.3, -0.25) is 4.79 Å². The maximum absolute atomic E-state index is 12.8. The predicted octanol–water partition coefficient (Wildman–Crippen LogP) is 5.58. The third-order valence-electron chi connectivity index (χ3n) is 5.89. The zero-order valence-corrected chi connectivity index (χ0v) is 19.1. The van der Waals surface area contributed by atoms with E-state index < -0.39 is 0 Å². The van der Waals surface area contributed by atoms with E-state index in [2.05, 4.69) is 48.5 Å². The Morgan fingerprint density at radius 2 is 1.87 bits per heavy atom. The molecule has 0 saturated carbocycles. The topological polar surface area (TPSA) is 63.4 Å². The van der Waals surface area contributed by atoms with Crippen LogP contribution >= 0.6 is 0 Å². The fourth-order valence-electron chi connectivity index (χ4n) is 4.16. The molecule has 0 radical (unpaired) electrons. The molecule has 0 saturated heterocycles. The maximum atomic E-state index is 12.8. The van der Waals surface area contributed by atoms with E-state index in [4.69, 9.17) is 9.47 Å². The number of aryl methyl sites for hydroxylation is 1. The van der Waals surface area contributed by atoms with Gasteiger partial charge in [0.1, 0.15) is 0 Å². The molecule has 3 rings (SSSR count). The monoisotopic (exact) mass is 422 g/mol. The number of methoxy groups -OCH3 is 2. The lowest BCUT2D eigenvalue weighted by atomic mass is 9.87. The summed E-state index contributed by atoms with van der Waals surface area (Å²) in [5, 5.41) is 4.26. The van der Waals surface area contributed by atoms with Crippen LogP contribution in [0.1, 0.15) is 62.1 Å². The summed E-state index contributed by atoms with van der Waals surface area (Å²) in [6.45, 7) is 5.04. The standard InChI is InChI=1S/C26H34N2O3/c1-5-7-8-14-27-25(29)16-21(19-12-13-23(30-3)24(15-19)31-4)22-17-28-26-18(6-2)10-9-11-20(22)26/h9-13,15,17,21,28H,5-8,14,16H2,1-4H3,(H,27,29)/t21-/m1/s1. The van der Waals surface area contributed by atoms with E-state index in [1.807, 2.05) is 18.2 Å². The second-order valence-corrected chi connectivity index (χ2v) is 7.87. The fraction of sp³-hybridized carbons (Fsp3) is 0.423. The van der Waals surface area contributed by atoms with Crippen molar-refractivity contribution in [2.45, 2.75) is 51.9 Å². The van der Waals surface area contributed by atoms with Gasteiger partial charge in [0.25, 0.3) is 0 Å². The van der Waals surface area contributed by atoms with Crippen LogP contribution in [0.25, 0.3) is 10.9 Å². The van der Waals surface area contributed by atoms with Crippen molar-refractivity contribution in [3.63, 3.8) is 0 Å². The van der Waals surface area contributed by atoms with Crippen molar-refractivity contribution in [3.05, 3.63) is 59.3 Å². The number of fused-ring (bicyclic) bond motifs is 1. The van der Waals surface area contributed by atoms with Gasteiger partial charge in [0.2, 0.25) is 5.91 Å². The zero-order valence-electron chi connectivity index (χ0n) is 19.1. The number of rotatable bonds is 11. The second kappa shape index (κ2) is 10.9. The molecular formula is C26H34N2O3. The van der Waals surface area contributed by atoms with E-state index in [1.54, 1.807) is 14.2 Å². The Bertz CT molecular complexity index is 1010. The second-order valence-electron chi connectivity index (χ2n) is 7.87. The van der Waals surface area contributed by atoms with Gasteiger partial charge in [-0.2, -0.15) is 0 Å². The molecule has 1 amide bonds. The molecule has 0 aliphatic heterocycles. The first-order valence-corrected chi connectivity index (χ1v) is 11.2. The van der Waals surface area contributed by atoms with Gasteiger partial charge < -0.3 is 19.8 Å². The number of hydrogen-bond acceptors (Lipinski definition) is 3. The molecule has 5 heteroatoms. The molecule has 2 N–H and O–H groups in total. The number of aromatic nitrogens is 1. The molecule has 0 fully saturated rings. The van der Waals surface area contributed by atoms with Gasteiger partial charge >= 0.3 is 0 Å². The average molecular weight is 423 g/mol. The van der Waals surface area contributed by atoms with Crippen molar-refractivity contribution in [1.29, 1.82) is 0 Å². The Balaban J connectivity index is 1.98. The van der Waals surface area contributed by atoms with Crippen molar-refractivity contribution in [2.75, 3.05) is 20.8 Å². The van der Waals surface area contributed by atoms with Gasteiger partial charge in [-0.15, -0.1) is 0 Å². The van der Waals surface area contributed by atoms with Crippen LogP contribution in [-0.4, -0.2) is 31.7 Å². The largest absolute Gasteiger partial charge is 0.493 e. The highest BCUT2D eigenvalue weighted by Gasteiger charge is 2.23. The highest BCUT2D eigenvalue weighted by Crippen LogP contribution is 2.38.